The van der Waals surface area contributed by atoms with E-state index in [1.165, 1.54) is 7.11 Å². The van der Waals surface area contributed by atoms with Crippen molar-refractivity contribution in [1.82, 2.24) is 0 Å². The maximum absolute atomic E-state index is 11.3. The molecule has 1 aliphatic rings. The summed E-state index contributed by atoms with van der Waals surface area (Å²) in [5.74, 6) is -0.0297. The second-order valence-electron chi connectivity index (χ2n) is 3.72. The molecule has 0 aliphatic heterocycles. The number of carbonyl (C=O) groups excluding carboxylic acids is 2. The molecule has 0 aromatic carbocycles. The standard InChI is InChI=1S/C10H16O3/c1-7(6-11)8-4-3-5-9(8)10(12)13-2/h6-9H,3-5H2,1-2H3/t7-,8-,9+/m1/s1. The van der Waals surface area contributed by atoms with Crippen molar-refractivity contribution in [3.8, 4) is 0 Å². The SMILES string of the molecule is COC(=O)[C@H]1CCC[C@@H]1[C@H](C)C=O. The summed E-state index contributed by atoms with van der Waals surface area (Å²) in [6.45, 7) is 1.87. The van der Waals surface area contributed by atoms with E-state index in [9.17, 15) is 9.59 Å². The van der Waals surface area contributed by atoms with Crippen LogP contribution in [0.2, 0.25) is 0 Å². The zero-order valence-corrected chi connectivity index (χ0v) is 8.16. The third kappa shape index (κ3) is 2.08. The highest BCUT2D eigenvalue weighted by Crippen LogP contribution is 2.36. The van der Waals surface area contributed by atoms with Crippen molar-refractivity contribution in [3.63, 3.8) is 0 Å². The summed E-state index contributed by atoms with van der Waals surface area (Å²) in [6, 6.07) is 0. The van der Waals surface area contributed by atoms with Crippen LogP contribution in [0.25, 0.3) is 0 Å². The zero-order chi connectivity index (χ0) is 9.84. The Morgan fingerprint density at radius 2 is 2.23 bits per heavy atom. The topological polar surface area (TPSA) is 43.4 Å². The Labute approximate surface area is 78.5 Å². The van der Waals surface area contributed by atoms with Gasteiger partial charge in [-0.05, 0) is 18.8 Å². The van der Waals surface area contributed by atoms with Crippen LogP contribution in [0.4, 0.5) is 0 Å². The molecule has 1 rings (SSSR count). The Hall–Kier alpha value is -0.860. The molecular weight excluding hydrogens is 168 g/mol. The van der Waals surface area contributed by atoms with Gasteiger partial charge in [-0.25, -0.2) is 0 Å². The second-order valence-corrected chi connectivity index (χ2v) is 3.72. The smallest absolute Gasteiger partial charge is 0.308 e. The van der Waals surface area contributed by atoms with Crippen LogP contribution in [-0.2, 0) is 14.3 Å². The number of hydrogen-bond acceptors (Lipinski definition) is 3. The molecule has 0 bridgehead atoms. The summed E-state index contributed by atoms with van der Waals surface area (Å²) in [5.41, 5.74) is 0. The maximum Gasteiger partial charge on any atom is 0.308 e. The highest BCUT2D eigenvalue weighted by atomic mass is 16.5. The number of esters is 1. The van der Waals surface area contributed by atoms with E-state index in [4.69, 9.17) is 4.74 Å². The van der Waals surface area contributed by atoms with Crippen molar-refractivity contribution >= 4 is 12.3 Å². The van der Waals surface area contributed by atoms with Crippen LogP contribution in [0.3, 0.4) is 0 Å². The van der Waals surface area contributed by atoms with E-state index in [2.05, 4.69) is 0 Å². The molecule has 1 fully saturated rings. The molecule has 0 radical (unpaired) electrons. The van der Waals surface area contributed by atoms with E-state index < -0.39 is 0 Å². The van der Waals surface area contributed by atoms with Crippen LogP contribution < -0.4 is 0 Å². The Bertz CT molecular complexity index is 200. The Balaban J connectivity index is 2.63. The highest BCUT2D eigenvalue weighted by Gasteiger charge is 2.36. The molecule has 0 spiro atoms. The minimum atomic E-state index is -0.156. The van der Waals surface area contributed by atoms with E-state index in [-0.39, 0.29) is 23.7 Å². The van der Waals surface area contributed by atoms with Crippen LogP contribution >= 0.6 is 0 Å². The lowest BCUT2D eigenvalue weighted by atomic mass is 9.86. The van der Waals surface area contributed by atoms with Crippen molar-refractivity contribution in [3.05, 3.63) is 0 Å². The summed E-state index contributed by atoms with van der Waals surface area (Å²) in [7, 11) is 1.41. The first-order valence-corrected chi connectivity index (χ1v) is 4.73. The van der Waals surface area contributed by atoms with Gasteiger partial charge in [0.25, 0.3) is 0 Å². The summed E-state index contributed by atoms with van der Waals surface area (Å²) in [6.07, 6.45) is 3.81. The monoisotopic (exact) mass is 184 g/mol. The minimum absolute atomic E-state index is 0.0217. The van der Waals surface area contributed by atoms with Gasteiger partial charge in [-0.15, -0.1) is 0 Å². The average molecular weight is 184 g/mol. The first-order valence-electron chi connectivity index (χ1n) is 4.73. The van der Waals surface area contributed by atoms with Gasteiger partial charge in [-0.1, -0.05) is 13.3 Å². The van der Waals surface area contributed by atoms with Crippen LogP contribution in [0, 0.1) is 17.8 Å². The zero-order valence-electron chi connectivity index (χ0n) is 8.16. The molecule has 0 aromatic heterocycles. The maximum atomic E-state index is 11.3. The molecule has 3 atom stereocenters. The van der Waals surface area contributed by atoms with Crippen molar-refractivity contribution in [2.24, 2.45) is 17.8 Å². The summed E-state index contributed by atoms with van der Waals surface area (Å²) >= 11 is 0. The molecule has 3 nitrogen and oxygen atoms in total. The van der Waals surface area contributed by atoms with Crippen LogP contribution in [0.5, 0.6) is 0 Å². The van der Waals surface area contributed by atoms with E-state index in [0.29, 0.717) is 0 Å². The number of ether oxygens (including phenoxy) is 1. The molecule has 0 amide bonds. The molecule has 0 N–H and O–H groups in total. The van der Waals surface area contributed by atoms with E-state index >= 15 is 0 Å². The van der Waals surface area contributed by atoms with Gasteiger partial charge in [0, 0.05) is 5.92 Å². The molecule has 1 saturated carbocycles. The average Bonchev–Trinajstić information content (AvgIpc) is 2.63. The van der Waals surface area contributed by atoms with Gasteiger partial charge in [0.1, 0.15) is 6.29 Å². The highest BCUT2D eigenvalue weighted by molar-refractivity contribution is 5.73. The fraction of sp³-hybridized carbons (Fsp3) is 0.800. The summed E-state index contributed by atoms with van der Waals surface area (Å²) < 4.78 is 4.70. The van der Waals surface area contributed by atoms with Crippen molar-refractivity contribution in [1.29, 1.82) is 0 Å². The van der Waals surface area contributed by atoms with E-state index in [1.807, 2.05) is 6.92 Å². The van der Waals surface area contributed by atoms with E-state index in [1.54, 1.807) is 0 Å². The Kier molecular flexibility index (Phi) is 3.46. The minimum Gasteiger partial charge on any atom is -0.469 e. The van der Waals surface area contributed by atoms with Crippen molar-refractivity contribution in [2.45, 2.75) is 26.2 Å². The number of rotatable bonds is 3. The van der Waals surface area contributed by atoms with Gasteiger partial charge in [0.2, 0.25) is 0 Å². The number of aldehydes is 1. The first-order chi connectivity index (χ1) is 6.20. The lowest BCUT2D eigenvalue weighted by Crippen LogP contribution is -2.25. The van der Waals surface area contributed by atoms with Gasteiger partial charge in [-0.3, -0.25) is 4.79 Å². The number of carbonyl (C=O) groups is 2. The predicted molar refractivity (Wildman–Crippen MR) is 48.1 cm³/mol. The fourth-order valence-electron chi connectivity index (χ4n) is 2.16. The van der Waals surface area contributed by atoms with Crippen molar-refractivity contribution < 1.29 is 14.3 Å². The van der Waals surface area contributed by atoms with Crippen molar-refractivity contribution in [2.75, 3.05) is 7.11 Å². The van der Waals surface area contributed by atoms with Gasteiger partial charge in [-0.2, -0.15) is 0 Å². The predicted octanol–water partition coefficient (Wildman–Crippen LogP) is 1.41. The third-order valence-corrected chi connectivity index (χ3v) is 2.96. The first kappa shape index (κ1) is 10.2. The molecule has 13 heavy (non-hydrogen) atoms. The number of methoxy groups -OCH3 is 1. The van der Waals surface area contributed by atoms with Gasteiger partial charge >= 0.3 is 5.97 Å². The van der Waals surface area contributed by atoms with Gasteiger partial charge in [0.15, 0.2) is 0 Å². The molecule has 74 valence electrons. The number of hydrogen-bond donors (Lipinski definition) is 0. The summed E-state index contributed by atoms with van der Waals surface area (Å²) in [4.78, 5) is 21.9. The molecule has 0 heterocycles. The lowest BCUT2D eigenvalue weighted by molar-refractivity contribution is -0.147. The van der Waals surface area contributed by atoms with Gasteiger partial charge in [0.05, 0.1) is 13.0 Å². The van der Waals surface area contributed by atoms with Gasteiger partial charge < -0.3 is 9.53 Å². The molecule has 3 heteroatoms. The second kappa shape index (κ2) is 4.40. The molecule has 0 unspecified atom stereocenters. The van der Waals surface area contributed by atoms with Crippen LogP contribution in [0.15, 0.2) is 0 Å². The van der Waals surface area contributed by atoms with E-state index in [0.717, 1.165) is 25.5 Å². The molecular formula is C10H16O3. The Morgan fingerprint density at radius 1 is 1.54 bits per heavy atom. The van der Waals surface area contributed by atoms with Crippen LogP contribution in [0.1, 0.15) is 26.2 Å². The lowest BCUT2D eigenvalue weighted by Gasteiger charge is -2.19. The van der Waals surface area contributed by atoms with Crippen LogP contribution in [-0.4, -0.2) is 19.4 Å². The third-order valence-electron chi connectivity index (χ3n) is 2.96. The fourth-order valence-corrected chi connectivity index (χ4v) is 2.16. The quantitative estimate of drug-likeness (QED) is 0.492. The molecule has 0 aromatic rings. The molecule has 0 saturated heterocycles. The Morgan fingerprint density at radius 3 is 2.77 bits per heavy atom. The normalized spacial score (nSPS) is 29.7. The molecule has 1 aliphatic carbocycles. The summed E-state index contributed by atoms with van der Waals surface area (Å²) in [5, 5.41) is 0. The largest absolute Gasteiger partial charge is 0.469 e.